The van der Waals surface area contributed by atoms with Crippen LogP contribution in [0, 0.1) is 0 Å². The fraction of sp³-hybridized carbons (Fsp3) is 0.250. The number of hydrogen-bond donors (Lipinski definition) is 0. The average molecular weight is 253 g/mol. The summed E-state index contributed by atoms with van der Waals surface area (Å²) in [6, 6.07) is 14.1. The normalized spacial score (nSPS) is 17.2. The third-order valence-electron chi connectivity index (χ3n) is 3.76. The molecule has 1 atom stereocenters. The Morgan fingerprint density at radius 2 is 1.79 bits per heavy atom. The largest absolute Gasteiger partial charge is 0.328 e. The van der Waals surface area contributed by atoms with E-state index in [9.17, 15) is 9.59 Å². The van der Waals surface area contributed by atoms with Crippen molar-refractivity contribution in [2.24, 2.45) is 0 Å². The summed E-state index contributed by atoms with van der Waals surface area (Å²) >= 11 is 0. The van der Waals surface area contributed by atoms with Gasteiger partial charge in [-0.05, 0) is 23.3 Å². The number of benzene rings is 2. The molecule has 3 heteroatoms. The van der Waals surface area contributed by atoms with Gasteiger partial charge in [0.15, 0.2) is 5.78 Å². The molecule has 1 aliphatic rings. The van der Waals surface area contributed by atoms with Gasteiger partial charge in [0.2, 0.25) is 5.91 Å². The minimum atomic E-state index is -0.0648. The zero-order valence-electron chi connectivity index (χ0n) is 10.8. The maximum absolute atomic E-state index is 11.8. The van der Waals surface area contributed by atoms with Gasteiger partial charge in [-0.3, -0.25) is 9.59 Å². The topological polar surface area (TPSA) is 37.4 Å². The quantitative estimate of drug-likeness (QED) is 0.772. The number of likely N-dealkylation sites (tertiary alicyclic amines) is 1. The summed E-state index contributed by atoms with van der Waals surface area (Å²) in [5.74, 6) is -0.0532. The highest BCUT2D eigenvalue weighted by Crippen LogP contribution is 2.30. The summed E-state index contributed by atoms with van der Waals surface area (Å²) in [6.45, 7) is 2.22. The Morgan fingerprint density at radius 1 is 1.05 bits per heavy atom. The lowest BCUT2D eigenvalue weighted by atomic mass is 9.99. The molecule has 0 bridgehead atoms. The SMILES string of the molecule is C[C@@H](c1cccc2ccccc12)N1CC(=O)CC1=O. The van der Waals surface area contributed by atoms with Crippen LogP contribution in [0.4, 0.5) is 0 Å². The Hall–Kier alpha value is -2.16. The van der Waals surface area contributed by atoms with E-state index >= 15 is 0 Å². The lowest BCUT2D eigenvalue weighted by Gasteiger charge is -2.25. The van der Waals surface area contributed by atoms with Gasteiger partial charge >= 0.3 is 0 Å². The summed E-state index contributed by atoms with van der Waals surface area (Å²) in [5.41, 5.74) is 1.10. The van der Waals surface area contributed by atoms with Gasteiger partial charge in [-0.15, -0.1) is 0 Å². The summed E-state index contributed by atoms with van der Waals surface area (Å²) in [4.78, 5) is 24.9. The first-order valence-electron chi connectivity index (χ1n) is 6.45. The monoisotopic (exact) mass is 253 g/mol. The molecule has 0 aliphatic carbocycles. The molecule has 0 N–H and O–H groups in total. The van der Waals surface area contributed by atoms with Crippen molar-refractivity contribution in [1.29, 1.82) is 0 Å². The van der Waals surface area contributed by atoms with Crippen LogP contribution < -0.4 is 0 Å². The lowest BCUT2D eigenvalue weighted by molar-refractivity contribution is -0.129. The molecule has 1 heterocycles. The van der Waals surface area contributed by atoms with Gasteiger partial charge in [-0.1, -0.05) is 42.5 Å². The highest BCUT2D eigenvalue weighted by atomic mass is 16.2. The first-order valence-corrected chi connectivity index (χ1v) is 6.45. The van der Waals surface area contributed by atoms with Crippen LogP contribution in [-0.2, 0) is 9.59 Å². The number of hydrogen-bond acceptors (Lipinski definition) is 2. The predicted octanol–water partition coefficient (Wildman–Crippen LogP) is 2.70. The molecular formula is C16H15NO2. The van der Waals surface area contributed by atoms with Gasteiger partial charge in [-0.2, -0.15) is 0 Å². The molecule has 0 saturated carbocycles. The van der Waals surface area contributed by atoms with E-state index in [4.69, 9.17) is 0 Å². The van der Waals surface area contributed by atoms with E-state index in [0.29, 0.717) is 0 Å². The summed E-state index contributed by atoms with van der Waals surface area (Å²) in [5, 5.41) is 2.30. The molecule has 3 nitrogen and oxygen atoms in total. The molecular weight excluding hydrogens is 238 g/mol. The molecule has 3 rings (SSSR count). The van der Waals surface area contributed by atoms with Crippen molar-refractivity contribution in [2.45, 2.75) is 19.4 Å². The van der Waals surface area contributed by atoms with Crippen molar-refractivity contribution in [2.75, 3.05) is 6.54 Å². The van der Waals surface area contributed by atoms with E-state index in [1.54, 1.807) is 4.90 Å². The molecule has 1 aliphatic heterocycles. The van der Waals surface area contributed by atoms with Crippen LogP contribution >= 0.6 is 0 Å². The second kappa shape index (κ2) is 4.50. The molecule has 1 saturated heterocycles. The third-order valence-corrected chi connectivity index (χ3v) is 3.76. The average Bonchev–Trinajstić information content (AvgIpc) is 2.76. The van der Waals surface area contributed by atoms with Crippen molar-refractivity contribution in [1.82, 2.24) is 4.90 Å². The number of carbonyl (C=O) groups is 2. The maximum atomic E-state index is 11.8. The Balaban J connectivity index is 2.04. The van der Waals surface area contributed by atoms with Crippen molar-refractivity contribution in [3.63, 3.8) is 0 Å². The Labute approximate surface area is 111 Å². The number of rotatable bonds is 2. The maximum Gasteiger partial charge on any atom is 0.230 e. The minimum absolute atomic E-state index is 0.0112. The zero-order valence-corrected chi connectivity index (χ0v) is 10.8. The number of carbonyl (C=O) groups excluding carboxylic acids is 2. The zero-order chi connectivity index (χ0) is 13.4. The molecule has 0 spiro atoms. The molecule has 0 radical (unpaired) electrons. The van der Waals surface area contributed by atoms with Gasteiger partial charge in [0.25, 0.3) is 0 Å². The molecule has 2 aromatic rings. The van der Waals surface area contributed by atoms with Gasteiger partial charge in [-0.25, -0.2) is 0 Å². The number of fused-ring (bicyclic) bond motifs is 1. The number of ketones is 1. The second-order valence-corrected chi connectivity index (χ2v) is 4.98. The van der Waals surface area contributed by atoms with Crippen LogP contribution in [0.1, 0.15) is 24.9 Å². The molecule has 0 unspecified atom stereocenters. The molecule has 0 aromatic heterocycles. The van der Waals surface area contributed by atoms with Crippen LogP contribution in [0.2, 0.25) is 0 Å². The van der Waals surface area contributed by atoms with Crippen molar-refractivity contribution in [3.05, 3.63) is 48.0 Å². The molecule has 96 valence electrons. The van der Waals surface area contributed by atoms with Crippen LogP contribution in [-0.4, -0.2) is 23.1 Å². The fourth-order valence-corrected chi connectivity index (χ4v) is 2.74. The van der Waals surface area contributed by atoms with E-state index in [1.165, 1.54) is 0 Å². The van der Waals surface area contributed by atoms with E-state index in [1.807, 2.05) is 31.2 Å². The molecule has 1 amide bonds. The first-order chi connectivity index (χ1) is 9.16. The molecule has 1 fully saturated rings. The van der Waals surface area contributed by atoms with Crippen molar-refractivity contribution in [3.8, 4) is 0 Å². The minimum Gasteiger partial charge on any atom is -0.328 e. The lowest BCUT2D eigenvalue weighted by Crippen LogP contribution is -2.28. The second-order valence-electron chi connectivity index (χ2n) is 4.98. The Bertz CT molecular complexity index is 657. The molecule has 19 heavy (non-hydrogen) atoms. The highest BCUT2D eigenvalue weighted by molar-refractivity contribution is 6.05. The van der Waals surface area contributed by atoms with Crippen LogP contribution in [0.3, 0.4) is 0 Å². The van der Waals surface area contributed by atoms with Gasteiger partial charge in [0, 0.05) is 0 Å². The van der Waals surface area contributed by atoms with Gasteiger partial charge in [0.1, 0.15) is 0 Å². The smallest absolute Gasteiger partial charge is 0.230 e. The highest BCUT2D eigenvalue weighted by Gasteiger charge is 2.31. The van der Waals surface area contributed by atoms with E-state index in [2.05, 4.69) is 18.2 Å². The van der Waals surface area contributed by atoms with Crippen molar-refractivity contribution < 1.29 is 9.59 Å². The van der Waals surface area contributed by atoms with Crippen LogP contribution in [0.5, 0.6) is 0 Å². The Kier molecular flexibility index (Phi) is 2.82. The summed E-state index contributed by atoms with van der Waals surface area (Å²) < 4.78 is 0. The first kappa shape index (κ1) is 11.9. The van der Waals surface area contributed by atoms with Gasteiger partial charge in [0.05, 0.1) is 19.0 Å². The van der Waals surface area contributed by atoms with Crippen molar-refractivity contribution >= 4 is 22.5 Å². The van der Waals surface area contributed by atoms with Crippen LogP contribution in [0.25, 0.3) is 10.8 Å². The molecule has 2 aromatic carbocycles. The van der Waals surface area contributed by atoms with Gasteiger partial charge < -0.3 is 4.90 Å². The summed E-state index contributed by atoms with van der Waals surface area (Å²) in [6.07, 6.45) is 0.0507. The fourth-order valence-electron chi connectivity index (χ4n) is 2.74. The number of nitrogens with zero attached hydrogens (tertiary/aromatic N) is 1. The van der Waals surface area contributed by atoms with E-state index in [0.717, 1.165) is 16.3 Å². The number of Topliss-reactive ketones (excluding diaryl/α,β-unsaturated/α-hetero) is 1. The standard InChI is InChI=1S/C16H15NO2/c1-11(17-10-13(18)9-16(17)19)14-8-4-6-12-5-2-3-7-15(12)14/h2-8,11H,9-10H2,1H3/t11-/m0/s1. The number of amides is 1. The third kappa shape index (κ3) is 2.01. The van der Waals surface area contributed by atoms with E-state index < -0.39 is 0 Å². The summed E-state index contributed by atoms with van der Waals surface area (Å²) in [7, 11) is 0. The Morgan fingerprint density at radius 3 is 2.53 bits per heavy atom. The van der Waals surface area contributed by atoms with Crippen LogP contribution in [0.15, 0.2) is 42.5 Å². The van der Waals surface area contributed by atoms with E-state index in [-0.39, 0.29) is 30.7 Å². The predicted molar refractivity (Wildman–Crippen MR) is 73.7 cm³/mol.